The fourth-order valence-corrected chi connectivity index (χ4v) is 1.99. The third-order valence-electron chi connectivity index (χ3n) is 2.86. The summed E-state index contributed by atoms with van der Waals surface area (Å²) in [6.45, 7) is 0. The average Bonchev–Trinajstić information content (AvgIpc) is 2.15. The second kappa shape index (κ2) is 5.22. The Hall–Kier alpha value is -0.570. The molecule has 76 valence electrons. The molecule has 1 saturated carbocycles. The highest BCUT2D eigenvalue weighted by atomic mass is 16.4. The van der Waals surface area contributed by atoms with Crippen molar-refractivity contribution in [3.8, 4) is 0 Å². The van der Waals surface area contributed by atoms with Crippen molar-refractivity contribution in [3.63, 3.8) is 0 Å². The predicted octanol–water partition coefficient (Wildman–Crippen LogP) is 1.79. The number of carboxylic acids is 1. The van der Waals surface area contributed by atoms with Gasteiger partial charge in [-0.1, -0.05) is 32.1 Å². The molecule has 0 heterocycles. The van der Waals surface area contributed by atoms with Gasteiger partial charge in [0.15, 0.2) is 6.10 Å². The molecule has 0 aromatic carbocycles. The van der Waals surface area contributed by atoms with Crippen molar-refractivity contribution in [2.75, 3.05) is 0 Å². The van der Waals surface area contributed by atoms with Gasteiger partial charge in [0, 0.05) is 0 Å². The number of aliphatic hydroxyl groups excluding tert-OH is 1. The number of aliphatic carboxylic acids is 1. The minimum absolute atomic E-state index is 0.417. The van der Waals surface area contributed by atoms with Crippen molar-refractivity contribution in [3.05, 3.63) is 0 Å². The molecule has 0 spiro atoms. The van der Waals surface area contributed by atoms with E-state index in [1.165, 1.54) is 32.1 Å². The van der Waals surface area contributed by atoms with Gasteiger partial charge >= 0.3 is 5.97 Å². The van der Waals surface area contributed by atoms with Crippen LogP contribution in [-0.2, 0) is 4.79 Å². The van der Waals surface area contributed by atoms with E-state index in [2.05, 4.69) is 0 Å². The van der Waals surface area contributed by atoms with Crippen molar-refractivity contribution < 1.29 is 15.0 Å². The van der Waals surface area contributed by atoms with E-state index in [0.29, 0.717) is 12.3 Å². The molecule has 1 aliphatic carbocycles. The van der Waals surface area contributed by atoms with Crippen LogP contribution in [0, 0.1) is 5.92 Å². The summed E-state index contributed by atoms with van der Waals surface area (Å²) in [5.41, 5.74) is 0. The van der Waals surface area contributed by atoms with Crippen LogP contribution in [0.4, 0.5) is 0 Å². The second-order valence-corrected chi connectivity index (χ2v) is 3.94. The van der Waals surface area contributed by atoms with Crippen LogP contribution in [0.15, 0.2) is 0 Å². The molecule has 13 heavy (non-hydrogen) atoms. The van der Waals surface area contributed by atoms with Gasteiger partial charge in [0.05, 0.1) is 0 Å². The zero-order chi connectivity index (χ0) is 9.68. The largest absolute Gasteiger partial charge is 0.479 e. The zero-order valence-corrected chi connectivity index (χ0v) is 7.91. The summed E-state index contributed by atoms with van der Waals surface area (Å²) in [6, 6.07) is 0. The summed E-state index contributed by atoms with van der Waals surface area (Å²) in [5.74, 6) is -0.432. The first-order valence-corrected chi connectivity index (χ1v) is 5.11. The molecule has 3 heteroatoms. The zero-order valence-electron chi connectivity index (χ0n) is 7.91. The van der Waals surface area contributed by atoms with E-state index in [1.807, 2.05) is 0 Å². The molecule has 0 amide bonds. The van der Waals surface area contributed by atoms with Crippen molar-refractivity contribution in [2.24, 2.45) is 5.92 Å². The molecule has 1 atom stereocenters. The van der Waals surface area contributed by atoms with Crippen LogP contribution in [0.5, 0.6) is 0 Å². The molecule has 1 aliphatic rings. The van der Waals surface area contributed by atoms with Crippen molar-refractivity contribution in [2.45, 2.75) is 51.0 Å². The maximum Gasteiger partial charge on any atom is 0.332 e. The lowest BCUT2D eigenvalue weighted by molar-refractivity contribution is -0.147. The lowest BCUT2D eigenvalue weighted by Gasteiger charge is -2.21. The number of hydrogen-bond donors (Lipinski definition) is 2. The lowest BCUT2D eigenvalue weighted by atomic mass is 9.85. The first kappa shape index (κ1) is 10.5. The van der Waals surface area contributed by atoms with Crippen molar-refractivity contribution in [1.82, 2.24) is 0 Å². The summed E-state index contributed by atoms with van der Waals surface area (Å²) in [4.78, 5) is 10.3. The summed E-state index contributed by atoms with van der Waals surface area (Å²) in [7, 11) is 0. The van der Waals surface area contributed by atoms with E-state index >= 15 is 0 Å². The Morgan fingerprint density at radius 3 is 2.46 bits per heavy atom. The molecule has 0 unspecified atom stereocenters. The molecule has 2 N–H and O–H groups in total. The molecule has 0 bridgehead atoms. The minimum atomic E-state index is -1.15. The van der Waals surface area contributed by atoms with Gasteiger partial charge in [-0.05, 0) is 18.8 Å². The molecule has 0 radical (unpaired) electrons. The smallest absolute Gasteiger partial charge is 0.332 e. The van der Waals surface area contributed by atoms with E-state index in [9.17, 15) is 4.79 Å². The summed E-state index contributed by atoms with van der Waals surface area (Å²) >= 11 is 0. The van der Waals surface area contributed by atoms with E-state index in [-0.39, 0.29) is 0 Å². The number of rotatable bonds is 4. The summed E-state index contributed by atoms with van der Waals surface area (Å²) < 4.78 is 0. The van der Waals surface area contributed by atoms with E-state index < -0.39 is 12.1 Å². The number of carboxylic acid groups (broad SMARTS) is 1. The Kier molecular flexibility index (Phi) is 4.22. The Labute approximate surface area is 78.8 Å². The SMILES string of the molecule is O=C(O)[C@H](O)CCC1CCCCC1. The van der Waals surface area contributed by atoms with Crippen LogP contribution < -0.4 is 0 Å². The van der Waals surface area contributed by atoms with Crippen LogP contribution in [-0.4, -0.2) is 22.3 Å². The summed E-state index contributed by atoms with van der Waals surface area (Å²) in [6.07, 6.45) is 6.42. The molecule has 1 rings (SSSR count). The van der Waals surface area contributed by atoms with E-state index in [0.717, 1.165) is 6.42 Å². The van der Waals surface area contributed by atoms with Crippen molar-refractivity contribution >= 4 is 5.97 Å². The first-order chi connectivity index (χ1) is 6.20. The first-order valence-electron chi connectivity index (χ1n) is 5.11. The molecule has 0 aromatic heterocycles. The molecular weight excluding hydrogens is 168 g/mol. The lowest BCUT2D eigenvalue weighted by Crippen LogP contribution is -2.20. The number of aliphatic hydroxyl groups is 1. The monoisotopic (exact) mass is 186 g/mol. The van der Waals surface area contributed by atoms with Crippen molar-refractivity contribution in [1.29, 1.82) is 0 Å². The maximum absolute atomic E-state index is 10.3. The normalized spacial score (nSPS) is 21.3. The maximum atomic E-state index is 10.3. The van der Waals surface area contributed by atoms with E-state index in [4.69, 9.17) is 10.2 Å². The van der Waals surface area contributed by atoms with Crippen LogP contribution in [0.1, 0.15) is 44.9 Å². The molecule has 3 nitrogen and oxygen atoms in total. The summed E-state index contributed by atoms with van der Waals surface area (Å²) in [5, 5.41) is 17.5. The molecule has 0 aliphatic heterocycles. The Balaban J connectivity index is 2.13. The molecule has 1 fully saturated rings. The fourth-order valence-electron chi connectivity index (χ4n) is 1.99. The Morgan fingerprint density at radius 1 is 1.31 bits per heavy atom. The van der Waals surface area contributed by atoms with Gasteiger partial charge < -0.3 is 10.2 Å². The predicted molar refractivity (Wildman–Crippen MR) is 49.5 cm³/mol. The highest BCUT2D eigenvalue weighted by Crippen LogP contribution is 2.27. The topological polar surface area (TPSA) is 57.5 Å². The molecular formula is C10H18O3. The van der Waals surface area contributed by atoms with Gasteiger partial charge in [0.2, 0.25) is 0 Å². The number of hydrogen-bond acceptors (Lipinski definition) is 2. The second-order valence-electron chi connectivity index (χ2n) is 3.94. The van der Waals surface area contributed by atoms with Gasteiger partial charge in [-0.25, -0.2) is 4.79 Å². The standard InChI is InChI=1S/C10H18O3/c11-9(10(12)13)7-6-8-4-2-1-3-5-8/h8-9,11H,1-7H2,(H,12,13)/t9-/m1/s1. The van der Waals surface area contributed by atoms with Gasteiger partial charge in [0.1, 0.15) is 0 Å². The van der Waals surface area contributed by atoms with Gasteiger partial charge in [-0.2, -0.15) is 0 Å². The highest BCUT2D eigenvalue weighted by Gasteiger charge is 2.18. The van der Waals surface area contributed by atoms with Gasteiger partial charge in [-0.15, -0.1) is 0 Å². The van der Waals surface area contributed by atoms with Gasteiger partial charge in [0.25, 0.3) is 0 Å². The van der Waals surface area contributed by atoms with E-state index in [1.54, 1.807) is 0 Å². The Bertz CT molecular complexity index is 162. The van der Waals surface area contributed by atoms with Gasteiger partial charge in [-0.3, -0.25) is 0 Å². The highest BCUT2D eigenvalue weighted by molar-refractivity contribution is 5.71. The molecule has 0 aromatic rings. The fraction of sp³-hybridized carbons (Fsp3) is 0.900. The van der Waals surface area contributed by atoms with Crippen LogP contribution in [0.25, 0.3) is 0 Å². The molecule has 0 saturated heterocycles. The third-order valence-corrected chi connectivity index (χ3v) is 2.86. The quantitative estimate of drug-likeness (QED) is 0.703. The van der Waals surface area contributed by atoms with Crippen LogP contribution >= 0.6 is 0 Å². The minimum Gasteiger partial charge on any atom is -0.479 e. The van der Waals surface area contributed by atoms with Crippen LogP contribution in [0.3, 0.4) is 0 Å². The Morgan fingerprint density at radius 2 is 1.92 bits per heavy atom. The third kappa shape index (κ3) is 3.77. The average molecular weight is 186 g/mol. The number of carbonyl (C=O) groups is 1. The van der Waals surface area contributed by atoms with Crippen LogP contribution in [0.2, 0.25) is 0 Å².